The fraction of sp³-hybridized carbons (Fsp3) is 0.150. The minimum absolute atomic E-state index is 0.0151. The van der Waals surface area contributed by atoms with Gasteiger partial charge in [0.05, 0.1) is 11.4 Å². The molecular formula is C20H16N4O3. The van der Waals surface area contributed by atoms with Gasteiger partial charge >= 0.3 is 0 Å². The average molecular weight is 360 g/mol. The standard InChI is InChI=1S/C20H16N4O3/c1-13-16(24-7-3-2-4-19(24)22-13)10-14(12-21)20(25)23-15-5-6-17-18(11-15)27-9-8-26-17/h2-7,10-11H,8-9H2,1H3,(H,23,25)/b14-10-. The van der Waals surface area contributed by atoms with E-state index in [4.69, 9.17) is 9.47 Å². The number of imidazole rings is 1. The molecule has 1 amide bonds. The third-order valence-electron chi connectivity index (χ3n) is 4.20. The summed E-state index contributed by atoms with van der Waals surface area (Å²) in [6, 6.07) is 12.7. The zero-order chi connectivity index (χ0) is 18.8. The number of carbonyl (C=O) groups is 1. The van der Waals surface area contributed by atoms with Crippen molar-refractivity contribution in [3.8, 4) is 17.6 Å². The largest absolute Gasteiger partial charge is 0.486 e. The Hall–Kier alpha value is -3.79. The zero-order valence-electron chi connectivity index (χ0n) is 14.6. The van der Waals surface area contributed by atoms with Crippen molar-refractivity contribution < 1.29 is 14.3 Å². The number of aryl methyl sites for hydroxylation is 1. The van der Waals surface area contributed by atoms with E-state index in [1.54, 1.807) is 24.3 Å². The summed E-state index contributed by atoms with van der Waals surface area (Å²) in [7, 11) is 0. The lowest BCUT2D eigenvalue weighted by Crippen LogP contribution is -2.17. The fourth-order valence-corrected chi connectivity index (χ4v) is 2.91. The molecule has 7 nitrogen and oxygen atoms in total. The summed E-state index contributed by atoms with van der Waals surface area (Å²) in [4.78, 5) is 17.0. The quantitative estimate of drug-likeness (QED) is 0.573. The lowest BCUT2D eigenvalue weighted by molar-refractivity contribution is -0.112. The molecular weight excluding hydrogens is 344 g/mol. The number of aromatic nitrogens is 2. The van der Waals surface area contributed by atoms with Crippen LogP contribution in [0.25, 0.3) is 11.7 Å². The number of nitrogens with one attached hydrogen (secondary N) is 1. The van der Waals surface area contributed by atoms with Gasteiger partial charge < -0.3 is 14.8 Å². The summed E-state index contributed by atoms with van der Waals surface area (Å²) in [6.07, 6.45) is 3.39. The predicted molar refractivity (Wildman–Crippen MR) is 99.6 cm³/mol. The van der Waals surface area contributed by atoms with Gasteiger partial charge in [0.25, 0.3) is 5.91 Å². The van der Waals surface area contributed by atoms with Gasteiger partial charge in [-0.05, 0) is 37.3 Å². The molecule has 7 heteroatoms. The number of rotatable bonds is 3. The number of hydrogen-bond donors (Lipinski definition) is 1. The molecule has 134 valence electrons. The van der Waals surface area contributed by atoms with E-state index in [1.807, 2.05) is 41.8 Å². The Bertz CT molecular complexity index is 1110. The van der Waals surface area contributed by atoms with E-state index in [-0.39, 0.29) is 5.57 Å². The SMILES string of the molecule is Cc1nc2ccccn2c1/C=C(/C#N)C(=O)Nc1ccc2c(c1)OCCO2. The number of nitrogens with zero attached hydrogens (tertiary/aromatic N) is 3. The summed E-state index contributed by atoms with van der Waals surface area (Å²) in [5, 5.41) is 12.2. The first-order valence-electron chi connectivity index (χ1n) is 8.42. The van der Waals surface area contributed by atoms with E-state index in [1.165, 1.54) is 0 Å². The van der Waals surface area contributed by atoms with Crippen LogP contribution < -0.4 is 14.8 Å². The number of anilines is 1. The summed E-state index contributed by atoms with van der Waals surface area (Å²) in [5.41, 5.74) is 2.70. The van der Waals surface area contributed by atoms with Gasteiger partial charge in [-0.15, -0.1) is 0 Å². The van der Waals surface area contributed by atoms with E-state index in [2.05, 4.69) is 10.3 Å². The van der Waals surface area contributed by atoms with Crippen LogP contribution in [-0.2, 0) is 4.79 Å². The molecule has 0 radical (unpaired) electrons. The molecule has 0 saturated heterocycles. The number of benzene rings is 1. The van der Waals surface area contributed by atoms with Crippen LogP contribution in [0.1, 0.15) is 11.4 Å². The molecule has 1 aliphatic rings. The molecule has 0 fully saturated rings. The van der Waals surface area contributed by atoms with Crippen molar-refractivity contribution in [1.82, 2.24) is 9.38 Å². The second-order valence-corrected chi connectivity index (χ2v) is 5.99. The highest BCUT2D eigenvalue weighted by molar-refractivity contribution is 6.09. The monoisotopic (exact) mass is 360 g/mol. The maximum absolute atomic E-state index is 12.6. The maximum atomic E-state index is 12.6. The van der Waals surface area contributed by atoms with Crippen LogP contribution >= 0.6 is 0 Å². The Morgan fingerprint density at radius 2 is 2.07 bits per heavy atom. The molecule has 0 bridgehead atoms. The van der Waals surface area contributed by atoms with Crippen molar-refractivity contribution in [3.63, 3.8) is 0 Å². The van der Waals surface area contributed by atoms with Gasteiger partial charge in [0, 0.05) is 18.0 Å². The Kier molecular flexibility index (Phi) is 4.22. The van der Waals surface area contributed by atoms with Crippen LogP contribution in [-0.4, -0.2) is 28.5 Å². The number of fused-ring (bicyclic) bond motifs is 2. The van der Waals surface area contributed by atoms with Gasteiger partial charge in [0.1, 0.15) is 30.5 Å². The van der Waals surface area contributed by atoms with E-state index in [0.717, 1.165) is 11.3 Å². The van der Waals surface area contributed by atoms with Gasteiger partial charge in [0.15, 0.2) is 11.5 Å². The number of carbonyl (C=O) groups excluding carboxylic acids is 1. The van der Waals surface area contributed by atoms with E-state index >= 15 is 0 Å². The summed E-state index contributed by atoms with van der Waals surface area (Å²) in [6.45, 7) is 2.80. The third-order valence-corrected chi connectivity index (χ3v) is 4.20. The Morgan fingerprint density at radius 3 is 2.89 bits per heavy atom. The highest BCUT2D eigenvalue weighted by atomic mass is 16.6. The first-order chi connectivity index (χ1) is 13.2. The van der Waals surface area contributed by atoms with Gasteiger partial charge in [-0.25, -0.2) is 4.98 Å². The summed E-state index contributed by atoms with van der Waals surface area (Å²) in [5.74, 6) is 0.704. The average Bonchev–Trinajstić information content (AvgIpc) is 3.00. The molecule has 0 unspecified atom stereocenters. The molecule has 0 saturated carbocycles. The Morgan fingerprint density at radius 1 is 1.26 bits per heavy atom. The third kappa shape index (κ3) is 3.20. The molecule has 1 aromatic carbocycles. The van der Waals surface area contributed by atoms with Crippen molar-refractivity contribution in [3.05, 3.63) is 59.6 Å². The molecule has 1 N–H and O–H groups in total. The van der Waals surface area contributed by atoms with Crippen molar-refractivity contribution in [1.29, 1.82) is 5.26 Å². The second kappa shape index (κ2) is 6.84. The molecule has 0 atom stereocenters. The predicted octanol–water partition coefficient (Wildman–Crippen LogP) is 2.96. The summed E-state index contributed by atoms with van der Waals surface area (Å²) >= 11 is 0. The topological polar surface area (TPSA) is 88.7 Å². The molecule has 3 aromatic rings. The number of hydrogen-bond acceptors (Lipinski definition) is 5. The minimum atomic E-state index is -0.501. The van der Waals surface area contributed by atoms with Gasteiger partial charge in [-0.2, -0.15) is 5.26 Å². The molecule has 2 aromatic heterocycles. The lowest BCUT2D eigenvalue weighted by atomic mass is 10.2. The molecule has 1 aliphatic heterocycles. The first kappa shape index (κ1) is 16.7. The normalized spacial score (nSPS) is 13.3. The van der Waals surface area contributed by atoms with Gasteiger partial charge in [0.2, 0.25) is 0 Å². The maximum Gasteiger partial charge on any atom is 0.266 e. The second-order valence-electron chi connectivity index (χ2n) is 5.99. The van der Waals surface area contributed by atoms with E-state index in [9.17, 15) is 10.1 Å². The van der Waals surface area contributed by atoms with Crippen molar-refractivity contribution in [2.45, 2.75) is 6.92 Å². The van der Waals surface area contributed by atoms with Crippen LogP contribution in [0.2, 0.25) is 0 Å². The van der Waals surface area contributed by atoms with Gasteiger partial charge in [-0.3, -0.25) is 9.20 Å². The number of ether oxygens (including phenoxy) is 2. The first-order valence-corrected chi connectivity index (χ1v) is 8.42. The van der Waals surface area contributed by atoms with Crippen LogP contribution in [0.5, 0.6) is 11.5 Å². The van der Waals surface area contributed by atoms with Crippen LogP contribution in [0.15, 0.2) is 48.2 Å². The Balaban J connectivity index is 1.62. The molecule has 0 spiro atoms. The molecule has 4 rings (SSSR count). The Labute approximate surface area is 155 Å². The highest BCUT2D eigenvalue weighted by Gasteiger charge is 2.16. The van der Waals surface area contributed by atoms with Crippen LogP contribution in [0.4, 0.5) is 5.69 Å². The van der Waals surface area contributed by atoms with Gasteiger partial charge in [-0.1, -0.05) is 6.07 Å². The number of pyridine rings is 1. The molecule has 0 aliphatic carbocycles. The smallest absolute Gasteiger partial charge is 0.266 e. The van der Waals surface area contributed by atoms with Crippen molar-refractivity contribution >= 4 is 23.3 Å². The minimum Gasteiger partial charge on any atom is -0.486 e. The molecule has 27 heavy (non-hydrogen) atoms. The van der Waals surface area contributed by atoms with E-state index in [0.29, 0.717) is 36.1 Å². The lowest BCUT2D eigenvalue weighted by Gasteiger charge is -2.18. The van der Waals surface area contributed by atoms with Crippen molar-refractivity contribution in [2.24, 2.45) is 0 Å². The molecule has 3 heterocycles. The summed E-state index contributed by atoms with van der Waals surface area (Å²) < 4.78 is 12.8. The van der Waals surface area contributed by atoms with E-state index < -0.39 is 5.91 Å². The fourth-order valence-electron chi connectivity index (χ4n) is 2.91. The number of nitriles is 1. The number of amides is 1. The van der Waals surface area contributed by atoms with Crippen LogP contribution in [0, 0.1) is 18.3 Å². The van der Waals surface area contributed by atoms with Crippen LogP contribution in [0.3, 0.4) is 0 Å². The highest BCUT2D eigenvalue weighted by Crippen LogP contribution is 2.32. The zero-order valence-corrected chi connectivity index (χ0v) is 14.6. The van der Waals surface area contributed by atoms with Crippen molar-refractivity contribution in [2.75, 3.05) is 18.5 Å².